The molecule has 7 heteroatoms. The van der Waals surface area contributed by atoms with Crippen LogP contribution in [0.25, 0.3) is 11.3 Å². The predicted octanol–water partition coefficient (Wildman–Crippen LogP) is 4.83. The minimum atomic E-state index is -0.395. The van der Waals surface area contributed by atoms with E-state index in [1.54, 1.807) is 23.9 Å². The summed E-state index contributed by atoms with van der Waals surface area (Å²) in [5, 5.41) is 5.39. The second kappa shape index (κ2) is 8.22. The Hall–Kier alpha value is -2.19. The van der Waals surface area contributed by atoms with Crippen LogP contribution in [0.3, 0.4) is 0 Å². The van der Waals surface area contributed by atoms with Crippen LogP contribution >= 0.6 is 23.1 Å². The van der Waals surface area contributed by atoms with Crippen molar-refractivity contribution in [2.75, 3.05) is 24.8 Å². The first-order chi connectivity index (χ1) is 13.2. The number of thiazole rings is 1. The molecule has 0 unspecified atom stereocenters. The predicted molar refractivity (Wildman–Crippen MR) is 108 cm³/mol. The summed E-state index contributed by atoms with van der Waals surface area (Å²) in [6, 6.07) is 15.5. The van der Waals surface area contributed by atoms with Crippen molar-refractivity contribution in [2.45, 2.75) is 11.2 Å². The fourth-order valence-corrected chi connectivity index (χ4v) is 3.90. The molecule has 1 fully saturated rings. The summed E-state index contributed by atoms with van der Waals surface area (Å²) in [6.07, 6.45) is 1.65. The Morgan fingerprint density at radius 3 is 2.70 bits per heavy atom. The maximum absolute atomic E-state index is 12.6. The lowest BCUT2D eigenvalue weighted by molar-refractivity contribution is -0.0441. The standard InChI is InChI=1S/C20H18N2O3S2/c1-26-16-7-5-13(6-8-16)17-12-27-20(21-17)22-18(23)14-3-2-4-15(11-14)19-24-9-10-25-19/h2-8,11-12,19H,9-10H2,1H3,(H,21,22,23). The van der Waals surface area contributed by atoms with E-state index in [9.17, 15) is 4.79 Å². The van der Waals surface area contributed by atoms with Gasteiger partial charge in [0.25, 0.3) is 5.91 Å². The van der Waals surface area contributed by atoms with Gasteiger partial charge in [0.2, 0.25) is 0 Å². The molecule has 0 aliphatic carbocycles. The molecule has 0 spiro atoms. The molecule has 1 aliphatic rings. The Labute approximate surface area is 165 Å². The van der Waals surface area contributed by atoms with E-state index in [1.165, 1.54) is 16.2 Å². The van der Waals surface area contributed by atoms with Gasteiger partial charge in [-0.25, -0.2) is 4.98 Å². The average Bonchev–Trinajstić information content (AvgIpc) is 3.40. The lowest BCUT2D eigenvalue weighted by Crippen LogP contribution is -2.12. The average molecular weight is 399 g/mol. The SMILES string of the molecule is CSc1ccc(-c2csc(NC(=O)c3cccc(C4OCCO4)c3)n2)cc1. The molecule has 27 heavy (non-hydrogen) atoms. The number of aromatic nitrogens is 1. The van der Waals surface area contributed by atoms with E-state index in [4.69, 9.17) is 9.47 Å². The molecule has 1 aromatic heterocycles. The van der Waals surface area contributed by atoms with Gasteiger partial charge in [-0.1, -0.05) is 24.3 Å². The third-order valence-corrected chi connectivity index (χ3v) is 5.65. The smallest absolute Gasteiger partial charge is 0.257 e. The molecular formula is C20H18N2O3S2. The molecule has 1 amide bonds. The number of carbonyl (C=O) groups excluding carboxylic acids is 1. The van der Waals surface area contributed by atoms with Gasteiger partial charge < -0.3 is 9.47 Å². The number of nitrogens with one attached hydrogen (secondary N) is 1. The maximum Gasteiger partial charge on any atom is 0.257 e. The highest BCUT2D eigenvalue weighted by molar-refractivity contribution is 7.98. The van der Waals surface area contributed by atoms with Crippen LogP contribution in [-0.2, 0) is 9.47 Å². The van der Waals surface area contributed by atoms with E-state index in [1.807, 2.05) is 35.9 Å². The first kappa shape index (κ1) is 18.2. The van der Waals surface area contributed by atoms with Gasteiger partial charge in [0.1, 0.15) is 0 Å². The molecule has 1 N–H and O–H groups in total. The molecule has 0 radical (unpaired) electrons. The summed E-state index contributed by atoms with van der Waals surface area (Å²) in [5.74, 6) is -0.200. The van der Waals surface area contributed by atoms with Crippen LogP contribution in [0.4, 0.5) is 5.13 Å². The second-order valence-electron chi connectivity index (χ2n) is 5.92. The number of nitrogens with zero attached hydrogens (tertiary/aromatic N) is 1. The van der Waals surface area contributed by atoms with Crippen molar-refractivity contribution in [1.29, 1.82) is 0 Å². The van der Waals surface area contributed by atoms with Crippen LogP contribution in [-0.4, -0.2) is 30.4 Å². The summed E-state index contributed by atoms with van der Waals surface area (Å²) < 4.78 is 11.0. The Bertz CT molecular complexity index is 934. The summed E-state index contributed by atoms with van der Waals surface area (Å²) >= 11 is 3.11. The Kier molecular flexibility index (Phi) is 5.54. The van der Waals surface area contributed by atoms with Gasteiger partial charge in [0.15, 0.2) is 11.4 Å². The van der Waals surface area contributed by atoms with E-state index >= 15 is 0 Å². The highest BCUT2D eigenvalue weighted by Gasteiger charge is 2.19. The minimum Gasteiger partial charge on any atom is -0.346 e. The van der Waals surface area contributed by atoms with Crippen molar-refractivity contribution in [2.24, 2.45) is 0 Å². The summed E-state index contributed by atoms with van der Waals surface area (Å²) in [7, 11) is 0. The van der Waals surface area contributed by atoms with Gasteiger partial charge in [-0.05, 0) is 30.5 Å². The second-order valence-corrected chi connectivity index (χ2v) is 7.66. The monoisotopic (exact) mass is 398 g/mol. The van der Waals surface area contributed by atoms with Crippen LogP contribution in [0.1, 0.15) is 22.2 Å². The van der Waals surface area contributed by atoms with Crippen LogP contribution in [0, 0.1) is 0 Å². The van der Waals surface area contributed by atoms with Gasteiger partial charge in [0.05, 0.1) is 18.9 Å². The van der Waals surface area contributed by atoms with Gasteiger partial charge >= 0.3 is 0 Å². The zero-order chi connectivity index (χ0) is 18.6. The van der Waals surface area contributed by atoms with E-state index in [0.29, 0.717) is 23.9 Å². The molecule has 4 rings (SSSR count). The number of rotatable bonds is 5. The molecule has 5 nitrogen and oxygen atoms in total. The zero-order valence-electron chi connectivity index (χ0n) is 14.7. The fraction of sp³-hybridized carbons (Fsp3) is 0.200. The highest BCUT2D eigenvalue weighted by atomic mass is 32.2. The van der Waals surface area contributed by atoms with Crippen molar-refractivity contribution in [3.8, 4) is 11.3 Å². The Morgan fingerprint density at radius 1 is 1.19 bits per heavy atom. The van der Waals surface area contributed by atoms with Gasteiger partial charge in [-0.3, -0.25) is 10.1 Å². The maximum atomic E-state index is 12.6. The number of carbonyl (C=O) groups is 1. The Balaban J connectivity index is 1.47. The largest absolute Gasteiger partial charge is 0.346 e. The molecule has 1 aliphatic heterocycles. The van der Waals surface area contributed by atoms with Crippen molar-refractivity contribution < 1.29 is 14.3 Å². The van der Waals surface area contributed by atoms with E-state index < -0.39 is 6.29 Å². The van der Waals surface area contributed by atoms with Gasteiger partial charge in [-0.2, -0.15) is 0 Å². The first-order valence-corrected chi connectivity index (χ1v) is 10.6. The van der Waals surface area contributed by atoms with E-state index in [2.05, 4.69) is 22.4 Å². The van der Waals surface area contributed by atoms with Crippen LogP contribution < -0.4 is 5.32 Å². The van der Waals surface area contributed by atoms with E-state index in [0.717, 1.165) is 16.8 Å². The third-order valence-electron chi connectivity index (χ3n) is 4.15. The van der Waals surface area contributed by atoms with E-state index in [-0.39, 0.29) is 5.91 Å². The molecule has 0 saturated carbocycles. The summed E-state index contributed by atoms with van der Waals surface area (Å²) in [6.45, 7) is 1.14. The molecule has 0 atom stereocenters. The Morgan fingerprint density at radius 2 is 1.96 bits per heavy atom. The number of thioether (sulfide) groups is 1. The molecule has 138 valence electrons. The van der Waals surface area contributed by atoms with Gasteiger partial charge in [-0.15, -0.1) is 23.1 Å². The van der Waals surface area contributed by atoms with Crippen molar-refractivity contribution in [3.05, 3.63) is 65.0 Å². The summed E-state index contributed by atoms with van der Waals surface area (Å²) in [4.78, 5) is 18.3. The number of amides is 1. The van der Waals surface area contributed by atoms with Crippen LogP contribution in [0.2, 0.25) is 0 Å². The molecule has 2 aromatic carbocycles. The van der Waals surface area contributed by atoms with Gasteiger partial charge in [0, 0.05) is 27.0 Å². The number of benzene rings is 2. The number of hydrogen-bond donors (Lipinski definition) is 1. The summed E-state index contributed by atoms with van der Waals surface area (Å²) in [5.41, 5.74) is 3.27. The van der Waals surface area contributed by atoms with Crippen LogP contribution in [0.15, 0.2) is 58.8 Å². The lowest BCUT2D eigenvalue weighted by Gasteiger charge is -2.10. The number of anilines is 1. The molecule has 2 heterocycles. The molecule has 1 saturated heterocycles. The minimum absolute atomic E-state index is 0.200. The van der Waals surface area contributed by atoms with Crippen molar-refractivity contribution in [3.63, 3.8) is 0 Å². The fourth-order valence-electron chi connectivity index (χ4n) is 2.77. The topological polar surface area (TPSA) is 60.5 Å². The van der Waals surface area contributed by atoms with Crippen LogP contribution in [0.5, 0.6) is 0 Å². The van der Waals surface area contributed by atoms with Crippen molar-refractivity contribution >= 4 is 34.1 Å². The lowest BCUT2D eigenvalue weighted by atomic mass is 10.1. The normalized spacial score (nSPS) is 14.4. The number of hydrogen-bond acceptors (Lipinski definition) is 6. The molecular weight excluding hydrogens is 380 g/mol. The van der Waals surface area contributed by atoms with Crippen molar-refractivity contribution in [1.82, 2.24) is 4.98 Å². The number of ether oxygens (including phenoxy) is 2. The molecule has 3 aromatic rings. The third kappa shape index (κ3) is 4.22. The zero-order valence-corrected chi connectivity index (χ0v) is 16.3. The highest BCUT2D eigenvalue weighted by Crippen LogP contribution is 2.28. The quantitative estimate of drug-likeness (QED) is 0.624. The first-order valence-electron chi connectivity index (χ1n) is 8.47. The molecule has 0 bridgehead atoms.